The van der Waals surface area contributed by atoms with Gasteiger partial charge in [0.25, 0.3) is 0 Å². The summed E-state index contributed by atoms with van der Waals surface area (Å²) in [6, 6.07) is 1.49. The highest BCUT2D eigenvalue weighted by Gasteiger charge is 2.32. The van der Waals surface area contributed by atoms with Gasteiger partial charge in [-0.25, -0.2) is 0 Å². The van der Waals surface area contributed by atoms with Crippen LogP contribution >= 0.6 is 0 Å². The summed E-state index contributed by atoms with van der Waals surface area (Å²) < 4.78 is 0. The topological polar surface area (TPSA) is 29.3 Å². The Bertz CT molecular complexity index is 152. The molecule has 2 N–H and O–H groups in total. The van der Waals surface area contributed by atoms with Crippen LogP contribution in [0.4, 0.5) is 0 Å². The highest BCUT2D eigenvalue weighted by molar-refractivity contribution is 4.89. The van der Waals surface area contributed by atoms with Crippen LogP contribution in [-0.2, 0) is 0 Å². The zero-order chi connectivity index (χ0) is 10.6. The molecule has 0 aromatic carbocycles. The summed E-state index contributed by atoms with van der Waals surface area (Å²) in [4.78, 5) is 2.65. The summed E-state index contributed by atoms with van der Waals surface area (Å²) >= 11 is 0. The van der Waals surface area contributed by atoms with Gasteiger partial charge in [-0.2, -0.15) is 0 Å². The summed E-state index contributed by atoms with van der Waals surface area (Å²) in [5.41, 5.74) is 5.88. The van der Waals surface area contributed by atoms with E-state index in [1.165, 1.54) is 32.2 Å². The van der Waals surface area contributed by atoms with E-state index in [1.54, 1.807) is 0 Å². The van der Waals surface area contributed by atoms with Crippen molar-refractivity contribution in [1.29, 1.82) is 0 Å². The molecule has 0 amide bonds. The van der Waals surface area contributed by atoms with Gasteiger partial charge in [-0.1, -0.05) is 20.8 Å². The molecule has 1 atom stereocenters. The monoisotopic (exact) mass is 198 g/mol. The van der Waals surface area contributed by atoms with E-state index < -0.39 is 0 Å². The van der Waals surface area contributed by atoms with Gasteiger partial charge in [0, 0.05) is 18.6 Å². The largest absolute Gasteiger partial charge is 0.329 e. The fourth-order valence-electron chi connectivity index (χ4n) is 2.24. The zero-order valence-electron chi connectivity index (χ0n) is 10.00. The van der Waals surface area contributed by atoms with Crippen molar-refractivity contribution in [1.82, 2.24) is 4.90 Å². The van der Waals surface area contributed by atoms with Crippen molar-refractivity contribution in [2.45, 2.75) is 58.5 Å². The molecule has 0 saturated heterocycles. The van der Waals surface area contributed by atoms with Gasteiger partial charge in [0.05, 0.1) is 0 Å². The molecule has 0 aromatic heterocycles. The number of nitrogens with zero attached hydrogens (tertiary/aromatic N) is 1. The van der Waals surface area contributed by atoms with E-state index in [0.29, 0.717) is 6.04 Å². The maximum Gasteiger partial charge on any atom is 0.0223 e. The van der Waals surface area contributed by atoms with Crippen LogP contribution in [0.25, 0.3) is 0 Å². The van der Waals surface area contributed by atoms with Crippen molar-refractivity contribution in [2.75, 3.05) is 13.1 Å². The smallest absolute Gasteiger partial charge is 0.0223 e. The Morgan fingerprint density at radius 3 is 2.36 bits per heavy atom. The van der Waals surface area contributed by atoms with E-state index in [0.717, 1.165) is 18.5 Å². The molecule has 1 fully saturated rings. The summed E-state index contributed by atoms with van der Waals surface area (Å²) in [6.45, 7) is 8.91. The van der Waals surface area contributed by atoms with Crippen molar-refractivity contribution >= 4 is 0 Å². The lowest BCUT2D eigenvalue weighted by Crippen LogP contribution is -2.43. The summed E-state index contributed by atoms with van der Waals surface area (Å²) in [6.07, 6.45) is 5.31. The molecule has 0 heterocycles. The Hall–Kier alpha value is -0.0800. The molecule has 1 aliphatic carbocycles. The molecule has 0 aliphatic heterocycles. The van der Waals surface area contributed by atoms with E-state index >= 15 is 0 Å². The number of nitrogens with two attached hydrogens (primary N) is 1. The molecule has 1 unspecified atom stereocenters. The van der Waals surface area contributed by atoms with Crippen molar-refractivity contribution in [3.8, 4) is 0 Å². The lowest BCUT2D eigenvalue weighted by atomic mass is 10.0. The van der Waals surface area contributed by atoms with Gasteiger partial charge in [0.1, 0.15) is 0 Å². The molecule has 84 valence electrons. The second-order valence-corrected chi connectivity index (χ2v) is 4.99. The Morgan fingerprint density at radius 2 is 2.00 bits per heavy atom. The molecule has 0 aromatic rings. The normalized spacial score (nSPS) is 19.3. The van der Waals surface area contributed by atoms with E-state index in [9.17, 15) is 0 Å². The van der Waals surface area contributed by atoms with E-state index in [1.807, 2.05) is 0 Å². The quantitative estimate of drug-likeness (QED) is 0.680. The van der Waals surface area contributed by atoms with Gasteiger partial charge < -0.3 is 5.73 Å². The molecule has 2 heteroatoms. The molecule has 1 rings (SSSR count). The van der Waals surface area contributed by atoms with Gasteiger partial charge in [-0.3, -0.25) is 4.90 Å². The maximum atomic E-state index is 5.88. The summed E-state index contributed by atoms with van der Waals surface area (Å²) in [5.74, 6) is 0.765. The van der Waals surface area contributed by atoms with Crippen LogP contribution in [0, 0.1) is 5.92 Å². The SMILES string of the molecule is CCCN(C1CC1)C(CN)CC(C)C. The van der Waals surface area contributed by atoms with Crippen LogP contribution in [-0.4, -0.2) is 30.1 Å². The third kappa shape index (κ3) is 3.58. The molecular formula is C12H26N2. The molecule has 14 heavy (non-hydrogen) atoms. The molecule has 1 aliphatic rings. The van der Waals surface area contributed by atoms with Crippen LogP contribution in [0.3, 0.4) is 0 Å². The average Bonchev–Trinajstić information content (AvgIpc) is 2.93. The predicted molar refractivity (Wildman–Crippen MR) is 62.3 cm³/mol. The minimum atomic E-state index is 0.627. The van der Waals surface area contributed by atoms with Crippen LogP contribution < -0.4 is 5.73 Å². The minimum absolute atomic E-state index is 0.627. The Kier molecular flexibility index (Phi) is 4.90. The van der Waals surface area contributed by atoms with Crippen LogP contribution in [0.15, 0.2) is 0 Å². The second-order valence-electron chi connectivity index (χ2n) is 4.99. The van der Waals surface area contributed by atoms with Crippen molar-refractivity contribution < 1.29 is 0 Å². The third-order valence-electron chi connectivity index (χ3n) is 2.98. The number of rotatable bonds is 7. The summed E-state index contributed by atoms with van der Waals surface area (Å²) in [5, 5.41) is 0. The second kappa shape index (κ2) is 5.72. The Labute approximate surface area is 88.8 Å². The van der Waals surface area contributed by atoms with Crippen molar-refractivity contribution in [3.63, 3.8) is 0 Å². The Balaban J connectivity index is 2.44. The molecular weight excluding hydrogens is 172 g/mol. The number of hydrogen-bond donors (Lipinski definition) is 1. The van der Waals surface area contributed by atoms with Crippen LogP contribution in [0.1, 0.15) is 46.5 Å². The fraction of sp³-hybridized carbons (Fsp3) is 1.00. The van der Waals surface area contributed by atoms with Gasteiger partial charge in [-0.05, 0) is 38.1 Å². The molecule has 0 spiro atoms. The number of hydrogen-bond acceptors (Lipinski definition) is 2. The average molecular weight is 198 g/mol. The summed E-state index contributed by atoms with van der Waals surface area (Å²) in [7, 11) is 0. The van der Waals surface area contributed by atoms with Gasteiger partial charge in [0.2, 0.25) is 0 Å². The lowest BCUT2D eigenvalue weighted by Gasteiger charge is -2.31. The standard InChI is InChI=1S/C12H26N2/c1-4-7-14(11-5-6-11)12(9-13)8-10(2)3/h10-12H,4-9,13H2,1-3H3. The van der Waals surface area contributed by atoms with Crippen LogP contribution in [0.5, 0.6) is 0 Å². The van der Waals surface area contributed by atoms with Gasteiger partial charge in [0.15, 0.2) is 0 Å². The predicted octanol–water partition coefficient (Wildman–Crippen LogP) is 2.23. The first kappa shape index (κ1) is 12.0. The van der Waals surface area contributed by atoms with Gasteiger partial charge >= 0.3 is 0 Å². The first-order valence-corrected chi connectivity index (χ1v) is 6.14. The first-order chi connectivity index (χ1) is 6.69. The highest BCUT2D eigenvalue weighted by atomic mass is 15.2. The third-order valence-corrected chi connectivity index (χ3v) is 2.98. The van der Waals surface area contributed by atoms with Crippen molar-refractivity contribution in [3.05, 3.63) is 0 Å². The van der Waals surface area contributed by atoms with Gasteiger partial charge in [-0.15, -0.1) is 0 Å². The molecule has 2 nitrogen and oxygen atoms in total. The van der Waals surface area contributed by atoms with Crippen molar-refractivity contribution in [2.24, 2.45) is 11.7 Å². The first-order valence-electron chi connectivity index (χ1n) is 6.14. The molecule has 0 radical (unpaired) electrons. The Morgan fingerprint density at radius 1 is 1.36 bits per heavy atom. The maximum absolute atomic E-state index is 5.88. The lowest BCUT2D eigenvalue weighted by molar-refractivity contribution is 0.168. The highest BCUT2D eigenvalue weighted by Crippen LogP contribution is 2.30. The van der Waals surface area contributed by atoms with E-state index in [4.69, 9.17) is 5.73 Å². The minimum Gasteiger partial charge on any atom is -0.329 e. The van der Waals surface area contributed by atoms with E-state index in [2.05, 4.69) is 25.7 Å². The van der Waals surface area contributed by atoms with E-state index in [-0.39, 0.29) is 0 Å². The molecule has 1 saturated carbocycles. The zero-order valence-corrected chi connectivity index (χ0v) is 10.00. The van der Waals surface area contributed by atoms with Crippen LogP contribution in [0.2, 0.25) is 0 Å². The molecule has 0 bridgehead atoms. The fourth-order valence-corrected chi connectivity index (χ4v) is 2.24.